The normalized spacial score (nSPS) is 20.9. The summed E-state index contributed by atoms with van der Waals surface area (Å²) in [4.78, 5) is 29.0. The van der Waals surface area contributed by atoms with Crippen LogP contribution in [0.5, 0.6) is 0 Å². The van der Waals surface area contributed by atoms with E-state index < -0.39 is 0 Å². The smallest absolute Gasteiger partial charge is 0.227 e. The molecule has 140 valence electrons. The van der Waals surface area contributed by atoms with Gasteiger partial charge in [-0.3, -0.25) is 9.59 Å². The third kappa shape index (κ3) is 4.01. The molecule has 0 aromatic heterocycles. The summed E-state index contributed by atoms with van der Waals surface area (Å²) in [5.41, 5.74) is 2.16. The summed E-state index contributed by atoms with van der Waals surface area (Å²) < 4.78 is 0. The van der Waals surface area contributed by atoms with Crippen molar-refractivity contribution in [2.24, 2.45) is 5.92 Å². The molecule has 0 radical (unpaired) electrons. The second kappa shape index (κ2) is 7.73. The minimum atomic E-state index is 0.128. The maximum atomic E-state index is 12.6. The van der Waals surface area contributed by atoms with Crippen molar-refractivity contribution in [2.45, 2.75) is 25.3 Å². The molecule has 0 saturated carbocycles. The van der Waals surface area contributed by atoms with E-state index in [0.29, 0.717) is 30.3 Å². The maximum absolute atomic E-state index is 12.6. The number of rotatable bonds is 5. The van der Waals surface area contributed by atoms with Crippen LogP contribution in [0.3, 0.4) is 0 Å². The SMILES string of the molecule is O=C(Cc1ccc(Cl)cc1)N1CC2CN(C(=O)CCc3ccccc3)C2C1. The molecule has 2 aromatic rings. The predicted molar refractivity (Wildman–Crippen MR) is 105 cm³/mol. The van der Waals surface area contributed by atoms with Crippen molar-refractivity contribution in [3.8, 4) is 0 Å². The van der Waals surface area contributed by atoms with Gasteiger partial charge in [0.05, 0.1) is 12.5 Å². The molecule has 2 heterocycles. The van der Waals surface area contributed by atoms with E-state index in [2.05, 4.69) is 12.1 Å². The average molecular weight is 383 g/mol. The number of likely N-dealkylation sites (tertiary alicyclic amines) is 2. The van der Waals surface area contributed by atoms with Crippen LogP contribution in [-0.2, 0) is 22.4 Å². The second-order valence-corrected chi connectivity index (χ2v) is 7.90. The molecule has 2 atom stereocenters. The zero-order chi connectivity index (χ0) is 18.8. The lowest BCUT2D eigenvalue weighted by Crippen LogP contribution is -2.58. The predicted octanol–water partition coefficient (Wildman–Crippen LogP) is 3.18. The van der Waals surface area contributed by atoms with Crippen molar-refractivity contribution in [1.29, 1.82) is 0 Å². The van der Waals surface area contributed by atoms with Gasteiger partial charge in [0.15, 0.2) is 0 Å². The number of halogens is 1. The first-order valence-electron chi connectivity index (χ1n) is 9.46. The Balaban J connectivity index is 1.28. The van der Waals surface area contributed by atoms with Crippen LogP contribution in [0, 0.1) is 5.92 Å². The molecule has 0 bridgehead atoms. The number of carbonyl (C=O) groups excluding carboxylic acids is 2. The fourth-order valence-electron chi connectivity index (χ4n) is 4.06. The first-order valence-corrected chi connectivity index (χ1v) is 9.83. The average Bonchev–Trinajstić information content (AvgIpc) is 3.00. The molecule has 2 unspecified atom stereocenters. The van der Waals surface area contributed by atoms with Gasteiger partial charge in [0, 0.05) is 37.0 Å². The Morgan fingerprint density at radius 2 is 1.63 bits per heavy atom. The maximum Gasteiger partial charge on any atom is 0.227 e. The van der Waals surface area contributed by atoms with E-state index >= 15 is 0 Å². The highest BCUT2D eigenvalue weighted by atomic mass is 35.5. The highest BCUT2D eigenvalue weighted by molar-refractivity contribution is 6.30. The minimum Gasteiger partial charge on any atom is -0.340 e. The number of hydrogen-bond acceptors (Lipinski definition) is 2. The number of fused-ring (bicyclic) bond motifs is 1. The quantitative estimate of drug-likeness (QED) is 0.796. The molecular weight excluding hydrogens is 360 g/mol. The Morgan fingerprint density at radius 3 is 2.37 bits per heavy atom. The minimum absolute atomic E-state index is 0.128. The molecule has 5 heteroatoms. The van der Waals surface area contributed by atoms with Gasteiger partial charge in [0.1, 0.15) is 0 Å². The van der Waals surface area contributed by atoms with Gasteiger partial charge in [0.2, 0.25) is 11.8 Å². The Kier molecular flexibility index (Phi) is 5.17. The third-order valence-electron chi connectivity index (χ3n) is 5.65. The van der Waals surface area contributed by atoms with Crippen LogP contribution in [0.4, 0.5) is 0 Å². The fraction of sp³-hybridized carbons (Fsp3) is 0.364. The van der Waals surface area contributed by atoms with Gasteiger partial charge in [-0.25, -0.2) is 0 Å². The highest BCUT2D eigenvalue weighted by Crippen LogP contribution is 2.33. The standard InChI is InChI=1S/C22H23ClN2O2/c23-19-9-6-17(7-10-19)12-22(27)24-13-18-14-25(20(18)15-24)21(26)11-8-16-4-2-1-3-5-16/h1-7,9-10,18,20H,8,11-15H2. The van der Waals surface area contributed by atoms with Crippen molar-refractivity contribution < 1.29 is 9.59 Å². The van der Waals surface area contributed by atoms with Crippen molar-refractivity contribution >= 4 is 23.4 Å². The number of aryl methyl sites for hydroxylation is 1. The second-order valence-electron chi connectivity index (χ2n) is 7.46. The lowest BCUT2D eigenvalue weighted by Gasteiger charge is -2.43. The Bertz CT molecular complexity index is 822. The number of amides is 2. The van der Waals surface area contributed by atoms with Crippen LogP contribution in [0.1, 0.15) is 17.5 Å². The Labute approximate surface area is 164 Å². The summed E-state index contributed by atoms with van der Waals surface area (Å²) >= 11 is 5.90. The molecule has 2 amide bonds. The molecule has 2 aliphatic heterocycles. The first kappa shape index (κ1) is 18.1. The van der Waals surface area contributed by atoms with Gasteiger partial charge in [-0.1, -0.05) is 54.1 Å². The Morgan fingerprint density at radius 1 is 0.889 bits per heavy atom. The van der Waals surface area contributed by atoms with Gasteiger partial charge in [0.25, 0.3) is 0 Å². The van der Waals surface area contributed by atoms with Gasteiger partial charge in [-0.15, -0.1) is 0 Å². The molecule has 27 heavy (non-hydrogen) atoms. The fourth-order valence-corrected chi connectivity index (χ4v) is 4.18. The number of hydrogen-bond donors (Lipinski definition) is 0. The van der Waals surface area contributed by atoms with Crippen LogP contribution in [0.15, 0.2) is 54.6 Å². The zero-order valence-corrected chi connectivity index (χ0v) is 15.9. The zero-order valence-electron chi connectivity index (χ0n) is 15.2. The third-order valence-corrected chi connectivity index (χ3v) is 5.90. The molecular formula is C22H23ClN2O2. The lowest BCUT2D eigenvalue weighted by atomic mass is 9.91. The molecule has 0 N–H and O–H groups in total. The topological polar surface area (TPSA) is 40.6 Å². The van der Waals surface area contributed by atoms with E-state index in [0.717, 1.165) is 25.1 Å². The van der Waals surface area contributed by atoms with E-state index in [1.54, 1.807) is 0 Å². The summed E-state index contributed by atoms with van der Waals surface area (Å²) in [6.07, 6.45) is 1.69. The van der Waals surface area contributed by atoms with Crippen LogP contribution < -0.4 is 0 Å². The molecule has 2 fully saturated rings. The van der Waals surface area contributed by atoms with E-state index in [4.69, 9.17) is 11.6 Å². The van der Waals surface area contributed by atoms with Crippen LogP contribution in [0.25, 0.3) is 0 Å². The van der Waals surface area contributed by atoms with Crippen molar-refractivity contribution in [2.75, 3.05) is 19.6 Å². The number of benzene rings is 2. The summed E-state index contributed by atoms with van der Waals surface area (Å²) in [6, 6.07) is 17.7. The Hall–Kier alpha value is -2.33. The van der Waals surface area contributed by atoms with Gasteiger partial charge in [-0.2, -0.15) is 0 Å². The van der Waals surface area contributed by atoms with Crippen LogP contribution >= 0.6 is 11.6 Å². The summed E-state index contributed by atoms with van der Waals surface area (Å²) in [5.74, 6) is 0.760. The molecule has 4 nitrogen and oxygen atoms in total. The van der Waals surface area contributed by atoms with Crippen LogP contribution in [-0.4, -0.2) is 47.3 Å². The monoisotopic (exact) mass is 382 g/mol. The molecule has 0 aliphatic carbocycles. The van der Waals surface area contributed by atoms with E-state index in [9.17, 15) is 9.59 Å². The van der Waals surface area contributed by atoms with E-state index in [-0.39, 0.29) is 17.9 Å². The molecule has 2 aliphatic rings. The summed E-state index contributed by atoms with van der Waals surface area (Å²) in [7, 11) is 0. The summed E-state index contributed by atoms with van der Waals surface area (Å²) in [6.45, 7) is 2.21. The van der Waals surface area contributed by atoms with E-state index in [1.807, 2.05) is 52.3 Å². The molecule has 2 aromatic carbocycles. The van der Waals surface area contributed by atoms with Crippen molar-refractivity contribution in [3.63, 3.8) is 0 Å². The van der Waals surface area contributed by atoms with Crippen molar-refractivity contribution in [3.05, 3.63) is 70.7 Å². The van der Waals surface area contributed by atoms with Crippen molar-refractivity contribution in [1.82, 2.24) is 9.80 Å². The summed E-state index contributed by atoms with van der Waals surface area (Å²) in [5, 5.41) is 0.676. The van der Waals surface area contributed by atoms with Crippen LogP contribution in [0.2, 0.25) is 5.02 Å². The van der Waals surface area contributed by atoms with E-state index in [1.165, 1.54) is 5.56 Å². The van der Waals surface area contributed by atoms with Gasteiger partial charge in [-0.05, 0) is 29.7 Å². The molecule has 4 rings (SSSR count). The number of carbonyl (C=O) groups is 2. The number of nitrogens with zero attached hydrogens (tertiary/aromatic N) is 2. The first-order chi connectivity index (χ1) is 13.1. The largest absolute Gasteiger partial charge is 0.340 e. The lowest BCUT2D eigenvalue weighted by molar-refractivity contribution is -0.141. The molecule has 2 saturated heterocycles. The van der Waals surface area contributed by atoms with Gasteiger partial charge >= 0.3 is 0 Å². The molecule has 0 spiro atoms. The highest BCUT2D eigenvalue weighted by Gasteiger charge is 2.48. The van der Waals surface area contributed by atoms with Gasteiger partial charge < -0.3 is 9.80 Å².